The topological polar surface area (TPSA) is 67.4 Å². The summed E-state index contributed by atoms with van der Waals surface area (Å²) in [6.45, 7) is 5.34. The highest BCUT2D eigenvalue weighted by Crippen LogP contribution is 2.11. The van der Waals surface area contributed by atoms with Crippen molar-refractivity contribution in [3.8, 4) is 0 Å². The number of benzene rings is 2. The lowest BCUT2D eigenvalue weighted by Crippen LogP contribution is -2.47. The highest BCUT2D eigenvalue weighted by molar-refractivity contribution is 5.96. The van der Waals surface area contributed by atoms with Crippen molar-refractivity contribution in [3.05, 3.63) is 66.2 Å². The lowest BCUT2D eigenvalue weighted by atomic mass is 10.1. The maximum atomic E-state index is 12.6. The molecule has 0 saturated heterocycles. The third-order valence-electron chi connectivity index (χ3n) is 3.33. The number of carbonyl (C=O) groups is 2. The van der Waals surface area contributed by atoms with Gasteiger partial charge in [0, 0.05) is 12.1 Å². The van der Waals surface area contributed by atoms with E-state index in [-0.39, 0.29) is 5.91 Å². The smallest absolute Gasteiger partial charge is 0.408 e. The van der Waals surface area contributed by atoms with Crippen molar-refractivity contribution >= 4 is 17.7 Å². The van der Waals surface area contributed by atoms with Gasteiger partial charge in [-0.3, -0.25) is 4.79 Å². The molecule has 1 atom stereocenters. The Labute approximate surface area is 148 Å². The molecule has 1 unspecified atom stereocenters. The number of para-hydroxylation sites is 1. The Morgan fingerprint density at radius 2 is 1.52 bits per heavy atom. The molecule has 0 aliphatic rings. The molecule has 0 aliphatic carbocycles. The van der Waals surface area contributed by atoms with Crippen LogP contribution in [0.4, 0.5) is 10.5 Å². The maximum absolute atomic E-state index is 12.6. The van der Waals surface area contributed by atoms with Crippen LogP contribution in [0.1, 0.15) is 26.3 Å². The van der Waals surface area contributed by atoms with Crippen LogP contribution in [-0.2, 0) is 16.0 Å². The quantitative estimate of drug-likeness (QED) is 0.871. The van der Waals surface area contributed by atoms with E-state index >= 15 is 0 Å². The average Bonchev–Trinajstić information content (AvgIpc) is 2.54. The minimum absolute atomic E-state index is 0.291. The number of alkyl carbamates (subject to hydrolysis) is 1. The average molecular weight is 340 g/mol. The molecular formula is C20H24N2O3. The molecule has 0 saturated carbocycles. The molecule has 0 heterocycles. The van der Waals surface area contributed by atoms with Gasteiger partial charge in [0.05, 0.1) is 0 Å². The number of nitrogens with one attached hydrogen (secondary N) is 2. The molecule has 25 heavy (non-hydrogen) atoms. The number of ether oxygens (including phenoxy) is 1. The van der Waals surface area contributed by atoms with Crippen LogP contribution in [0.2, 0.25) is 0 Å². The van der Waals surface area contributed by atoms with Gasteiger partial charge in [-0.05, 0) is 38.5 Å². The molecule has 2 rings (SSSR count). The van der Waals surface area contributed by atoms with Gasteiger partial charge in [0.25, 0.3) is 0 Å². The van der Waals surface area contributed by atoms with Crippen molar-refractivity contribution in [1.82, 2.24) is 5.32 Å². The van der Waals surface area contributed by atoms with Crippen LogP contribution < -0.4 is 10.6 Å². The van der Waals surface area contributed by atoms with Crippen LogP contribution in [-0.4, -0.2) is 23.6 Å². The summed E-state index contributed by atoms with van der Waals surface area (Å²) in [5.74, 6) is -0.291. The number of anilines is 1. The Kier molecular flexibility index (Phi) is 6.17. The Morgan fingerprint density at radius 1 is 0.960 bits per heavy atom. The largest absolute Gasteiger partial charge is 0.444 e. The lowest BCUT2D eigenvalue weighted by Gasteiger charge is -2.23. The number of rotatable bonds is 5. The summed E-state index contributed by atoms with van der Waals surface area (Å²) in [4.78, 5) is 24.7. The van der Waals surface area contributed by atoms with Gasteiger partial charge in [0.1, 0.15) is 11.6 Å². The molecule has 2 aromatic rings. The first-order chi connectivity index (χ1) is 11.8. The molecule has 0 bridgehead atoms. The van der Waals surface area contributed by atoms with E-state index in [0.29, 0.717) is 12.1 Å². The maximum Gasteiger partial charge on any atom is 0.408 e. The first kappa shape index (κ1) is 18.5. The predicted molar refractivity (Wildman–Crippen MR) is 98.4 cm³/mol. The van der Waals surface area contributed by atoms with E-state index in [1.165, 1.54) is 0 Å². The first-order valence-electron chi connectivity index (χ1n) is 8.23. The fourth-order valence-corrected chi connectivity index (χ4v) is 2.26. The van der Waals surface area contributed by atoms with Gasteiger partial charge in [-0.15, -0.1) is 0 Å². The molecule has 132 valence electrons. The van der Waals surface area contributed by atoms with Crippen molar-refractivity contribution < 1.29 is 14.3 Å². The van der Waals surface area contributed by atoms with E-state index in [1.54, 1.807) is 32.9 Å². The van der Waals surface area contributed by atoms with Crippen molar-refractivity contribution in [1.29, 1.82) is 0 Å². The normalized spacial score (nSPS) is 12.1. The minimum atomic E-state index is -0.738. The van der Waals surface area contributed by atoms with Crippen LogP contribution in [0.3, 0.4) is 0 Å². The molecule has 0 spiro atoms. The monoisotopic (exact) mass is 340 g/mol. The molecule has 5 nitrogen and oxygen atoms in total. The summed E-state index contributed by atoms with van der Waals surface area (Å²) in [5.41, 5.74) is 1.00. The second-order valence-electron chi connectivity index (χ2n) is 6.74. The molecule has 2 amide bonds. The van der Waals surface area contributed by atoms with Gasteiger partial charge in [0.2, 0.25) is 5.91 Å². The Bertz CT molecular complexity index is 694. The molecular weight excluding hydrogens is 316 g/mol. The second kappa shape index (κ2) is 8.33. The lowest BCUT2D eigenvalue weighted by molar-refractivity contribution is -0.118. The predicted octanol–water partition coefficient (Wildman–Crippen LogP) is 3.76. The van der Waals surface area contributed by atoms with Crippen molar-refractivity contribution in [2.75, 3.05) is 5.32 Å². The molecule has 0 radical (unpaired) electrons. The van der Waals surface area contributed by atoms with E-state index in [2.05, 4.69) is 10.6 Å². The zero-order chi connectivity index (χ0) is 18.3. The van der Waals surface area contributed by atoms with Crippen LogP contribution in [0, 0.1) is 0 Å². The molecule has 2 aromatic carbocycles. The zero-order valence-corrected chi connectivity index (χ0v) is 14.8. The SMILES string of the molecule is CC(C)(C)OC(=O)NC(Cc1ccccc1)C(=O)Nc1ccccc1. The van der Waals surface area contributed by atoms with E-state index in [4.69, 9.17) is 4.74 Å². The van der Waals surface area contributed by atoms with Gasteiger partial charge in [-0.25, -0.2) is 4.79 Å². The van der Waals surface area contributed by atoms with Gasteiger partial charge in [-0.2, -0.15) is 0 Å². The Morgan fingerprint density at radius 3 is 2.08 bits per heavy atom. The summed E-state index contributed by atoms with van der Waals surface area (Å²) in [5, 5.41) is 5.49. The highest BCUT2D eigenvalue weighted by Gasteiger charge is 2.24. The molecule has 5 heteroatoms. The van der Waals surface area contributed by atoms with Crippen LogP contribution in [0.15, 0.2) is 60.7 Å². The standard InChI is InChI=1S/C20H24N2O3/c1-20(2,3)25-19(24)22-17(14-15-10-6-4-7-11-15)18(23)21-16-12-8-5-9-13-16/h4-13,17H,14H2,1-3H3,(H,21,23)(H,22,24). The summed E-state index contributed by atoms with van der Waals surface area (Å²) >= 11 is 0. The van der Waals surface area contributed by atoms with Crippen LogP contribution >= 0.6 is 0 Å². The van der Waals surface area contributed by atoms with E-state index in [1.807, 2.05) is 48.5 Å². The van der Waals surface area contributed by atoms with Gasteiger partial charge in [-0.1, -0.05) is 48.5 Å². The minimum Gasteiger partial charge on any atom is -0.444 e. The van der Waals surface area contributed by atoms with Crippen LogP contribution in [0.25, 0.3) is 0 Å². The fraction of sp³-hybridized carbons (Fsp3) is 0.300. The number of hydrogen-bond donors (Lipinski definition) is 2. The third-order valence-corrected chi connectivity index (χ3v) is 3.33. The summed E-state index contributed by atoms with van der Waals surface area (Å²) in [6.07, 6.45) is -0.240. The molecule has 2 N–H and O–H groups in total. The highest BCUT2D eigenvalue weighted by atomic mass is 16.6. The third kappa shape index (κ3) is 6.67. The van der Waals surface area contributed by atoms with Gasteiger partial charge >= 0.3 is 6.09 Å². The number of hydrogen-bond acceptors (Lipinski definition) is 3. The van der Waals surface area contributed by atoms with E-state index < -0.39 is 17.7 Å². The molecule has 0 aromatic heterocycles. The Balaban J connectivity index is 2.10. The molecule has 0 fully saturated rings. The second-order valence-corrected chi connectivity index (χ2v) is 6.74. The first-order valence-corrected chi connectivity index (χ1v) is 8.23. The number of amides is 2. The van der Waals surface area contributed by atoms with Crippen molar-refractivity contribution in [2.24, 2.45) is 0 Å². The van der Waals surface area contributed by atoms with E-state index in [0.717, 1.165) is 5.56 Å². The molecule has 0 aliphatic heterocycles. The van der Waals surface area contributed by atoms with Crippen LogP contribution in [0.5, 0.6) is 0 Å². The van der Waals surface area contributed by atoms with E-state index in [9.17, 15) is 9.59 Å². The summed E-state index contributed by atoms with van der Waals surface area (Å²) in [7, 11) is 0. The fourth-order valence-electron chi connectivity index (χ4n) is 2.26. The van der Waals surface area contributed by atoms with Crippen molar-refractivity contribution in [3.63, 3.8) is 0 Å². The Hall–Kier alpha value is -2.82. The summed E-state index contributed by atoms with van der Waals surface area (Å²) in [6, 6.07) is 17.9. The summed E-state index contributed by atoms with van der Waals surface area (Å²) < 4.78 is 5.28. The van der Waals surface area contributed by atoms with Crippen molar-refractivity contribution in [2.45, 2.75) is 38.8 Å². The number of carbonyl (C=O) groups excluding carboxylic acids is 2. The zero-order valence-electron chi connectivity index (χ0n) is 14.8. The van der Waals surface area contributed by atoms with Gasteiger partial charge in [0.15, 0.2) is 0 Å². The van der Waals surface area contributed by atoms with Gasteiger partial charge < -0.3 is 15.4 Å².